The summed E-state index contributed by atoms with van der Waals surface area (Å²) >= 11 is 3.06. The van der Waals surface area contributed by atoms with E-state index >= 15 is 0 Å². The summed E-state index contributed by atoms with van der Waals surface area (Å²) in [7, 11) is 0. The van der Waals surface area contributed by atoms with Gasteiger partial charge in [-0.3, -0.25) is 9.59 Å². The topological polar surface area (TPSA) is 71.1 Å². The van der Waals surface area contributed by atoms with Crippen LogP contribution in [0.1, 0.15) is 33.4 Å². The van der Waals surface area contributed by atoms with Crippen LogP contribution in [0.4, 0.5) is 11.4 Å². The molecule has 160 valence electrons. The van der Waals surface area contributed by atoms with Crippen LogP contribution in [-0.4, -0.2) is 16.8 Å². The number of amides is 2. The van der Waals surface area contributed by atoms with Gasteiger partial charge in [0.1, 0.15) is 0 Å². The molecule has 2 amide bonds. The Morgan fingerprint density at radius 3 is 2.53 bits per heavy atom. The number of allylic oxidation sites excluding steroid dienone is 2. The van der Waals surface area contributed by atoms with Crippen molar-refractivity contribution in [2.75, 3.05) is 10.6 Å². The van der Waals surface area contributed by atoms with E-state index in [1.165, 1.54) is 11.3 Å². The first kappa shape index (κ1) is 20.6. The molecule has 2 N–H and O–H groups in total. The number of nitrogens with one attached hydrogen (secondary N) is 2. The van der Waals surface area contributed by atoms with Crippen LogP contribution in [0.15, 0.2) is 78.2 Å². The summed E-state index contributed by atoms with van der Waals surface area (Å²) in [4.78, 5) is 31.0. The van der Waals surface area contributed by atoms with E-state index in [1.807, 2.05) is 47.8 Å². The minimum atomic E-state index is -0.190. The lowest BCUT2D eigenvalue weighted by Crippen LogP contribution is -2.29. The Bertz CT molecular complexity index is 1260. The molecule has 0 aliphatic heterocycles. The van der Waals surface area contributed by atoms with Gasteiger partial charge in [0.15, 0.2) is 0 Å². The molecule has 0 radical (unpaired) electrons. The number of aromatic nitrogens is 1. The summed E-state index contributed by atoms with van der Waals surface area (Å²) in [5.74, 6) is -0.318. The van der Waals surface area contributed by atoms with E-state index in [0.717, 1.165) is 21.6 Å². The zero-order chi connectivity index (χ0) is 21.9. The van der Waals surface area contributed by atoms with Gasteiger partial charge in [-0.1, -0.05) is 36.4 Å². The lowest BCUT2D eigenvalue weighted by molar-refractivity contribution is -0.120. The van der Waals surface area contributed by atoms with Gasteiger partial charge in [0, 0.05) is 17.3 Å². The van der Waals surface area contributed by atoms with Crippen LogP contribution >= 0.6 is 22.7 Å². The number of nitrogens with zero attached hydrogens (tertiary/aromatic N) is 1. The predicted molar refractivity (Wildman–Crippen MR) is 132 cm³/mol. The number of hydrogen-bond donors (Lipinski definition) is 2. The fourth-order valence-corrected chi connectivity index (χ4v) is 5.70. The molecule has 4 aromatic rings. The van der Waals surface area contributed by atoms with Crippen molar-refractivity contribution in [1.82, 2.24) is 4.98 Å². The van der Waals surface area contributed by atoms with Gasteiger partial charge in [0.2, 0.25) is 5.91 Å². The largest absolute Gasteiger partial charge is 0.326 e. The zero-order valence-corrected chi connectivity index (χ0v) is 18.8. The first-order chi connectivity index (χ1) is 15.7. The van der Waals surface area contributed by atoms with Crippen molar-refractivity contribution in [2.24, 2.45) is 5.92 Å². The van der Waals surface area contributed by atoms with Gasteiger partial charge in [0.25, 0.3) is 5.91 Å². The Morgan fingerprint density at radius 1 is 0.906 bits per heavy atom. The second-order valence-corrected chi connectivity index (χ2v) is 9.69. The van der Waals surface area contributed by atoms with Crippen LogP contribution in [0.5, 0.6) is 0 Å². The summed E-state index contributed by atoms with van der Waals surface area (Å²) in [6.07, 6.45) is 5.70. The molecule has 2 heterocycles. The quantitative estimate of drug-likeness (QED) is 0.344. The maximum absolute atomic E-state index is 13.2. The SMILES string of the molecule is O=C(Nc1cccc(NC(=O)C2CC=CCC2c2nc3ccccc3s2)c1)c1cccs1. The number of benzene rings is 2. The molecule has 0 saturated heterocycles. The van der Waals surface area contributed by atoms with Crippen molar-refractivity contribution in [2.45, 2.75) is 18.8 Å². The van der Waals surface area contributed by atoms with E-state index in [0.29, 0.717) is 22.7 Å². The number of thiophene rings is 1. The molecule has 2 aromatic heterocycles. The predicted octanol–water partition coefficient (Wildman–Crippen LogP) is 6.30. The fourth-order valence-electron chi connectivity index (χ4n) is 3.94. The summed E-state index contributed by atoms with van der Waals surface area (Å²) in [6, 6.07) is 19.0. The molecule has 0 fully saturated rings. The summed E-state index contributed by atoms with van der Waals surface area (Å²) in [5, 5.41) is 8.81. The molecule has 5 nitrogen and oxygen atoms in total. The molecule has 7 heteroatoms. The van der Waals surface area contributed by atoms with Crippen LogP contribution < -0.4 is 10.6 Å². The van der Waals surface area contributed by atoms with Crippen molar-refractivity contribution in [3.63, 3.8) is 0 Å². The van der Waals surface area contributed by atoms with Gasteiger partial charge in [-0.2, -0.15) is 0 Å². The Morgan fingerprint density at radius 2 is 1.72 bits per heavy atom. The molecular weight excluding hydrogens is 438 g/mol. The summed E-state index contributed by atoms with van der Waals surface area (Å²) < 4.78 is 1.14. The van der Waals surface area contributed by atoms with E-state index in [2.05, 4.69) is 28.9 Å². The van der Waals surface area contributed by atoms with E-state index in [-0.39, 0.29) is 23.7 Å². The maximum Gasteiger partial charge on any atom is 0.265 e. The lowest BCUT2D eigenvalue weighted by atomic mass is 9.82. The number of thiazole rings is 1. The third kappa shape index (κ3) is 4.35. The van der Waals surface area contributed by atoms with Crippen molar-refractivity contribution < 1.29 is 9.59 Å². The van der Waals surface area contributed by atoms with Gasteiger partial charge < -0.3 is 10.6 Å². The van der Waals surface area contributed by atoms with E-state index in [1.54, 1.807) is 23.5 Å². The minimum Gasteiger partial charge on any atom is -0.326 e. The number of carbonyl (C=O) groups is 2. The monoisotopic (exact) mass is 459 g/mol. The number of fused-ring (bicyclic) bond motifs is 1. The first-order valence-electron chi connectivity index (χ1n) is 10.4. The van der Waals surface area contributed by atoms with Crippen molar-refractivity contribution in [3.05, 3.63) is 88.1 Å². The highest BCUT2D eigenvalue weighted by atomic mass is 32.1. The highest BCUT2D eigenvalue weighted by molar-refractivity contribution is 7.18. The van der Waals surface area contributed by atoms with Crippen LogP contribution in [0.25, 0.3) is 10.2 Å². The zero-order valence-electron chi connectivity index (χ0n) is 17.2. The fraction of sp³-hybridized carbons (Fsp3) is 0.160. The highest BCUT2D eigenvalue weighted by Gasteiger charge is 2.32. The van der Waals surface area contributed by atoms with Gasteiger partial charge in [-0.25, -0.2) is 4.98 Å². The molecule has 2 unspecified atom stereocenters. The normalized spacial score (nSPS) is 17.9. The molecule has 5 rings (SSSR count). The van der Waals surface area contributed by atoms with Crippen molar-refractivity contribution in [3.8, 4) is 0 Å². The van der Waals surface area contributed by atoms with E-state index in [4.69, 9.17) is 4.98 Å². The Hall–Kier alpha value is -3.29. The van der Waals surface area contributed by atoms with E-state index < -0.39 is 0 Å². The number of carbonyl (C=O) groups excluding carboxylic acids is 2. The molecular formula is C25H21N3O2S2. The Labute approximate surface area is 193 Å². The molecule has 1 aliphatic carbocycles. The van der Waals surface area contributed by atoms with E-state index in [9.17, 15) is 9.59 Å². The summed E-state index contributed by atoms with van der Waals surface area (Å²) in [5.41, 5.74) is 2.29. The number of hydrogen-bond acceptors (Lipinski definition) is 5. The van der Waals surface area contributed by atoms with Crippen molar-refractivity contribution >= 4 is 56.1 Å². The van der Waals surface area contributed by atoms with Crippen LogP contribution in [0, 0.1) is 5.92 Å². The second kappa shape index (κ2) is 9.06. The van der Waals surface area contributed by atoms with Gasteiger partial charge >= 0.3 is 0 Å². The van der Waals surface area contributed by atoms with Crippen LogP contribution in [0.2, 0.25) is 0 Å². The standard InChI is InChI=1S/C25H21N3O2S2/c29-23(26-16-7-5-8-17(15-16)27-24(30)22-13-6-14-31-22)18-9-1-2-10-19(18)25-28-20-11-3-4-12-21(20)32-25/h1-8,11-15,18-19H,9-10H2,(H,26,29)(H,27,30). The Balaban J connectivity index is 1.32. The third-order valence-corrected chi connectivity index (χ3v) is 7.57. The molecule has 1 aliphatic rings. The third-order valence-electron chi connectivity index (χ3n) is 5.53. The second-order valence-electron chi connectivity index (χ2n) is 7.68. The van der Waals surface area contributed by atoms with Gasteiger partial charge in [0.05, 0.1) is 26.0 Å². The number of para-hydroxylation sites is 1. The lowest BCUT2D eigenvalue weighted by Gasteiger charge is -2.26. The van der Waals surface area contributed by atoms with Crippen LogP contribution in [0.3, 0.4) is 0 Å². The smallest absolute Gasteiger partial charge is 0.265 e. The minimum absolute atomic E-state index is 0.0275. The number of rotatable bonds is 5. The molecule has 0 saturated carbocycles. The van der Waals surface area contributed by atoms with Crippen molar-refractivity contribution in [1.29, 1.82) is 0 Å². The molecule has 0 spiro atoms. The van der Waals surface area contributed by atoms with Gasteiger partial charge in [-0.05, 0) is 54.6 Å². The average molecular weight is 460 g/mol. The highest BCUT2D eigenvalue weighted by Crippen LogP contribution is 2.39. The molecule has 2 atom stereocenters. The molecule has 32 heavy (non-hydrogen) atoms. The summed E-state index contributed by atoms with van der Waals surface area (Å²) in [6.45, 7) is 0. The Kier molecular flexibility index (Phi) is 5.83. The first-order valence-corrected chi connectivity index (χ1v) is 12.1. The number of anilines is 2. The van der Waals surface area contributed by atoms with Gasteiger partial charge in [-0.15, -0.1) is 22.7 Å². The molecule has 2 aromatic carbocycles. The average Bonchev–Trinajstić information content (AvgIpc) is 3.49. The molecule has 0 bridgehead atoms. The maximum atomic E-state index is 13.2. The van der Waals surface area contributed by atoms with Crippen LogP contribution in [-0.2, 0) is 4.79 Å².